The second kappa shape index (κ2) is 7.46. The molecule has 0 bridgehead atoms. The van der Waals surface area contributed by atoms with Gasteiger partial charge in [-0.1, -0.05) is 59.4 Å². The molecule has 132 valence electrons. The number of rotatable bonds is 7. The lowest BCUT2D eigenvalue weighted by Crippen LogP contribution is -2.07. The van der Waals surface area contributed by atoms with Crippen LogP contribution >= 0.6 is 11.8 Å². The molecule has 0 unspecified atom stereocenters. The van der Waals surface area contributed by atoms with Crippen LogP contribution in [-0.4, -0.2) is 16.9 Å². The van der Waals surface area contributed by atoms with E-state index in [4.69, 9.17) is 4.52 Å². The number of carbonyl (C=O) groups is 1. The highest BCUT2D eigenvalue weighted by Crippen LogP contribution is 2.42. The fraction of sp³-hybridized carbons (Fsp3) is 0.238. The lowest BCUT2D eigenvalue weighted by atomic mass is 9.94. The van der Waals surface area contributed by atoms with Crippen LogP contribution in [0.4, 0.5) is 4.39 Å². The van der Waals surface area contributed by atoms with E-state index in [1.807, 2.05) is 48.5 Å². The van der Waals surface area contributed by atoms with Gasteiger partial charge in [0.2, 0.25) is 0 Å². The summed E-state index contributed by atoms with van der Waals surface area (Å²) in [4.78, 5) is 14.0. The molecule has 2 aromatic carbocycles. The lowest BCUT2D eigenvalue weighted by Gasteiger charge is -2.11. The molecule has 5 heteroatoms. The molecule has 1 aliphatic carbocycles. The van der Waals surface area contributed by atoms with Crippen molar-refractivity contribution in [3.63, 3.8) is 0 Å². The molecule has 3 nitrogen and oxygen atoms in total. The third-order valence-corrected chi connectivity index (χ3v) is 5.44. The molecule has 0 amide bonds. The topological polar surface area (TPSA) is 43.1 Å². The van der Waals surface area contributed by atoms with Gasteiger partial charge in [-0.05, 0) is 36.5 Å². The van der Waals surface area contributed by atoms with Crippen LogP contribution in [-0.2, 0) is 6.42 Å². The Morgan fingerprint density at radius 2 is 1.81 bits per heavy atom. The first kappa shape index (κ1) is 17.0. The van der Waals surface area contributed by atoms with Crippen LogP contribution in [0.3, 0.4) is 0 Å². The fourth-order valence-electron chi connectivity index (χ4n) is 3.15. The summed E-state index contributed by atoms with van der Waals surface area (Å²) in [6, 6.07) is 14.8. The van der Waals surface area contributed by atoms with Crippen molar-refractivity contribution in [2.45, 2.75) is 30.1 Å². The molecule has 1 heterocycles. The lowest BCUT2D eigenvalue weighted by molar-refractivity contribution is 0.103. The van der Waals surface area contributed by atoms with Crippen molar-refractivity contribution in [3.05, 3.63) is 82.7 Å². The van der Waals surface area contributed by atoms with Gasteiger partial charge in [0.15, 0.2) is 11.5 Å². The molecular formula is C21H18FNO2S. The maximum Gasteiger partial charge on any atom is 0.198 e. The number of nitrogens with zero attached hydrogens (tertiary/aromatic N) is 1. The summed E-state index contributed by atoms with van der Waals surface area (Å²) in [5, 5.41) is 3.84. The highest BCUT2D eigenvalue weighted by molar-refractivity contribution is 7.99. The maximum atomic E-state index is 13.1. The van der Waals surface area contributed by atoms with Crippen molar-refractivity contribution < 1.29 is 13.7 Å². The molecule has 0 N–H and O–H groups in total. The van der Waals surface area contributed by atoms with Gasteiger partial charge in [-0.25, -0.2) is 4.39 Å². The molecular weight excluding hydrogens is 349 g/mol. The monoisotopic (exact) mass is 367 g/mol. The first-order valence-electron chi connectivity index (χ1n) is 8.61. The summed E-state index contributed by atoms with van der Waals surface area (Å²) < 4.78 is 18.1. The molecule has 1 fully saturated rings. The van der Waals surface area contributed by atoms with Crippen molar-refractivity contribution in [1.82, 2.24) is 5.16 Å². The highest BCUT2D eigenvalue weighted by atomic mass is 32.2. The standard InChI is InChI=1S/C21H18FNO2S/c22-13-26-19-8-4-2-6-16(19)11-15-5-1-3-7-17(15)20(24)18-12-23-25-21(18)14-9-10-14/h1-8,12,14H,9-11,13H2. The first-order valence-corrected chi connectivity index (χ1v) is 9.60. The SMILES string of the molecule is O=C(c1ccccc1Cc1ccccc1SCF)c1cnoc1C1CC1. The van der Waals surface area contributed by atoms with Crippen molar-refractivity contribution in [2.24, 2.45) is 0 Å². The number of aromatic nitrogens is 1. The molecule has 26 heavy (non-hydrogen) atoms. The van der Waals surface area contributed by atoms with E-state index in [-0.39, 0.29) is 5.78 Å². The Bertz CT molecular complexity index is 933. The van der Waals surface area contributed by atoms with Gasteiger partial charge in [-0.3, -0.25) is 4.79 Å². The van der Waals surface area contributed by atoms with E-state index in [2.05, 4.69) is 5.16 Å². The average molecular weight is 367 g/mol. The Balaban J connectivity index is 1.67. The highest BCUT2D eigenvalue weighted by Gasteiger charge is 2.33. The van der Waals surface area contributed by atoms with Gasteiger partial charge >= 0.3 is 0 Å². The van der Waals surface area contributed by atoms with E-state index in [0.29, 0.717) is 29.2 Å². The Kier molecular flexibility index (Phi) is 4.89. The van der Waals surface area contributed by atoms with E-state index in [1.165, 1.54) is 18.0 Å². The zero-order chi connectivity index (χ0) is 17.9. The molecule has 0 spiro atoms. The number of hydrogen-bond donors (Lipinski definition) is 0. The number of halogens is 1. The van der Waals surface area contributed by atoms with Gasteiger partial charge < -0.3 is 4.52 Å². The third kappa shape index (κ3) is 3.44. The van der Waals surface area contributed by atoms with Gasteiger partial charge in [0.1, 0.15) is 6.01 Å². The number of benzene rings is 2. The molecule has 0 radical (unpaired) electrons. The summed E-state index contributed by atoms with van der Waals surface area (Å²) >= 11 is 1.17. The minimum absolute atomic E-state index is 0.0561. The molecule has 3 aromatic rings. The van der Waals surface area contributed by atoms with Crippen molar-refractivity contribution in [1.29, 1.82) is 0 Å². The number of ketones is 1. The zero-order valence-electron chi connectivity index (χ0n) is 14.2. The summed E-state index contributed by atoms with van der Waals surface area (Å²) in [6.07, 6.45) is 4.20. The number of thioether (sulfide) groups is 1. The largest absolute Gasteiger partial charge is 0.360 e. The molecule has 0 aliphatic heterocycles. The van der Waals surface area contributed by atoms with Gasteiger partial charge in [0.25, 0.3) is 0 Å². The third-order valence-electron chi connectivity index (χ3n) is 4.62. The Morgan fingerprint density at radius 3 is 2.58 bits per heavy atom. The van der Waals surface area contributed by atoms with Gasteiger partial charge in [0, 0.05) is 16.4 Å². The molecule has 1 aliphatic rings. The van der Waals surface area contributed by atoms with Crippen LogP contribution in [0.1, 0.15) is 51.6 Å². The quantitative estimate of drug-likeness (QED) is 0.415. The summed E-state index contributed by atoms with van der Waals surface area (Å²) in [6.45, 7) is 0. The van der Waals surface area contributed by atoms with Crippen molar-refractivity contribution in [2.75, 3.05) is 6.01 Å². The van der Waals surface area contributed by atoms with Gasteiger partial charge in [-0.2, -0.15) is 0 Å². The molecule has 1 aromatic heterocycles. The van der Waals surface area contributed by atoms with Gasteiger partial charge in [-0.15, -0.1) is 0 Å². The van der Waals surface area contributed by atoms with Crippen LogP contribution in [0.15, 0.2) is 64.1 Å². The zero-order valence-corrected chi connectivity index (χ0v) is 15.0. The average Bonchev–Trinajstić information content (AvgIpc) is 3.40. The minimum Gasteiger partial charge on any atom is -0.360 e. The van der Waals surface area contributed by atoms with Crippen LogP contribution in [0.25, 0.3) is 0 Å². The van der Waals surface area contributed by atoms with E-state index in [1.54, 1.807) is 0 Å². The van der Waals surface area contributed by atoms with Crippen LogP contribution in [0.2, 0.25) is 0 Å². The normalized spacial score (nSPS) is 13.7. The van der Waals surface area contributed by atoms with Crippen LogP contribution in [0.5, 0.6) is 0 Å². The van der Waals surface area contributed by atoms with E-state index >= 15 is 0 Å². The summed E-state index contributed by atoms with van der Waals surface area (Å²) in [5.74, 6) is 0.975. The number of carbonyl (C=O) groups excluding carboxylic acids is 1. The second-order valence-corrected chi connectivity index (χ2v) is 7.35. The molecule has 1 saturated carbocycles. The predicted molar refractivity (Wildman–Crippen MR) is 99.4 cm³/mol. The molecule has 4 rings (SSSR count). The van der Waals surface area contributed by atoms with E-state index in [9.17, 15) is 9.18 Å². The smallest absolute Gasteiger partial charge is 0.198 e. The Hall–Kier alpha value is -2.40. The van der Waals surface area contributed by atoms with Crippen LogP contribution < -0.4 is 0 Å². The van der Waals surface area contributed by atoms with Gasteiger partial charge in [0.05, 0.1) is 11.8 Å². The summed E-state index contributed by atoms with van der Waals surface area (Å²) in [7, 11) is 0. The van der Waals surface area contributed by atoms with E-state index < -0.39 is 6.01 Å². The second-order valence-electron chi connectivity index (χ2n) is 6.40. The minimum atomic E-state index is -0.469. The maximum absolute atomic E-state index is 13.1. The molecule has 0 saturated heterocycles. The number of alkyl halides is 1. The van der Waals surface area contributed by atoms with E-state index in [0.717, 1.165) is 28.9 Å². The Labute approximate surface area is 155 Å². The summed E-state index contributed by atoms with van der Waals surface area (Å²) in [5.41, 5.74) is 3.15. The van der Waals surface area contributed by atoms with Crippen molar-refractivity contribution >= 4 is 17.5 Å². The number of hydrogen-bond acceptors (Lipinski definition) is 4. The fourth-order valence-corrected chi connectivity index (χ4v) is 3.77. The van der Waals surface area contributed by atoms with Crippen LogP contribution in [0, 0.1) is 0 Å². The molecule has 0 atom stereocenters. The predicted octanol–water partition coefficient (Wildman–Crippen LogP) is 5.39. The van der Waals surface area contributed by atoms with Crippen molar-refractivity contribution in [3.8, 4) is 0 Å². The first-order chi connectivity index (χ1) is 12.8. The Morgan fingerprint density at radius 1 is 1.08 bits per heavy atom.